The molecule has 1 N–H and O–H groups in total. The van der Waals surface area contributed by atoms with Gasteiger partial charge >= 0.3 is 0 Å². The van der Waals surface area contributed by atoms with E-state index in [0.717, 1.165) is 16.8 Å². The number of thioether (sulfide) groups is 1. The summed E-state index contributed by atoms with van der Waals surface area (Å²) in [5.74, 6) is 0.981. The lowest BCUT2D eigenvalue weighted by atomic mass is 10.2. The minimum absolute atomic E-state index is 0.317. The highest BCUT2D eigenvalue weighted by Gasteiger charge is 2.12. The van der Waals surface area contributed by atoms with Crippen molar-refractivity contribution >= 4 is 27.7 Å². The average Bonchev–Trinajstić information content (AvgIpc) is 2.90. The molecule has 1 heterocycles. The molecule has 5 heteroatoms. The number of halogens is 1. The van der Waals surface area contributed by atoms with Crippen molar-refractivity contribution in [1.29, 1.82) is 0 Å². The van der Waals surface area contributed by atoms with Crippen LogP contribution in [-0.2, 0) is 6.54 Å². The van der Waals surface area contributed by atoms with E-state index in [-0.39, 0.29) is 0 Å². The third-order valence-electron chi connectivity index (χ3n) is 2.97. The van der Waals surface area contributed by atoms with Crippen LogP contribution in [0.4, 0.5) is 0 Å². The van der Waals surface area contributed by atoms with Gasteiger partial charge in [0.05, 0.1) is 6.20 Å². The molecule has 0 saturated heterocycles. The first kappa shape index (κ1) is 14.6. The Balaban J connectivity index is 2.02. The average molecular weight is 340 g/mol. The van der Waals surface area contributed by atoms with E-state index >= 15 is 0 Å². The summed E-state index contributed by atoms with van der Waals surface area (Å²) in [5, 5.41) is 7.69. The van der Waals surface area contributed by atoms with Gasteiger partial charge in [-0.2, -0.15) is 5.10 Å². The molecule has 102 valence electrons. The summed E-state index contributed by atoms with van der Waals surface area (Å²) in [6.45, 7) is 3.01. The topological polar surface area (TPSA) is 29.9 Å². The number of benzene rings is 1. The summed E-state index contributed by atoms with van der Waals surface area (Å²) in [5.41, 5.74) is 1.24. The monoisotopic (exact) mass is 339 g/mol. The number of hydrogen-bond donors (Lipinski definition) is 1. The maximum absolute atomic E-state index is 4.33. The van der Waals surface area contributed by atoms with Crippen LogP contribution < -0.4 is 5.32 Å². The standard InChI is InChI=1S/C14H18BrN3S/c1-3-18-9-11(8-17-18)13(16-2)10-19-14-7-5-4-6-12(14)15/h4-9,13,16H,3,10H2,1-2H3. The maximum atomic E-state index is 4.33. The van der Waals surface area contributed by atoms with Crippen molar-refractivity contribution in [3.63, 3.8) is 0 Å². The third-order valence-corrected chi connectivity index (χ3v) is 5.09. The van der Waals surface area contributed by atoms with Crippen molar-refractivity contribution in [3.8, 4) is 0 Å². The van der Waals surface area contributed by atoms with Crippen molar-refractivity contribution in [3.05, 3.63) is 46.7 Å². The molecule has 19 heavy (non-hydrogen) atoms. The van der Waals surface area contributed by atoms with Crippen molar-refractivity contribution in [2.45, 2.75) is 24.4 Å². The smallest absolute Gasteiger partial charge is 0.0537 e. The molecule has 0 fully saturated rings. The zero-order valence-corrected chi connectivity index (χ0v) is 13.5. The van der Waals surface area contributed by atoms with Crippen LogP contribution in [0.15, 0.2) is 46.0 Å². The number of nitrogens with zero attached hydrogens (tertiary/aromatic N) is 2. The zero-order valence-electron chi connectivity index (χ0n) is 11.1. The predicted octanol–water partition coefficient (Wildman–Crippen LogP) is 3.72. The first-order valence-corrected chi connectivity index (χ1v) is 8.09. The Morgan fingerprint density at radius 3 is 2.84 bits per heavy atom. The highest BCUT2D eigenvalue weighted by molar-refractivity contribution is 9.10. The zero-order chi connectivity index (χ0) is 13.7. The number of aryl methyl sites for hydroxylation is 1. The Morgan fingerprint density at radius 2 is 2.21 bits per heavy atom. The van der Waals surface area contributed by atoms with Crippen molar-refractivity contribution in [2.24, 2.45) is 0 Å². The lowest BCUT2D eigenvalue weighted by molar-refractivity contribution is 0.645. The quantitative estimate of drug-likeness (QED) is 0.813. The Morgan fingerprint density at radius 1 is 1.42 bits per heavy atom. The Bertz CT molecular complexity index is 527. The Kier molecular flexibility index (Phi) is 5.48. The van der Waals surface area contributed by atoms with Gasteiger partial charge in [-0.1, -0.05) is 12.1 Å². The first-order valence-electron chi connectivity index (χ1n) is 6.31. The molecule has 3 nitrogen and oxygen atoms in total. The van der Waals surface area contributed by atoms with E-state index in [1.807, 2.05) is 35.8 Å². The minimum atomic E-state index is 0.317. The van der Waals surface area contributed by atoms with Gasteiger partial charge in [-0.3, -0.25) is 4.68 Å². The van der Waals surface area contributed by atoms with E-state index in [2.05, 4.69) is 57.7 Å². The van der Waals surface area contributed by atoms with E-state index < -0.39 is 0 Å². The summed E-state index contributed by atoms with van der Waals surface area (Å²) in [6.07, 6.45) is 4.06. The highest BCUT2D eigenvalue weighted by Crippen LogP contribution is 2.30. The molecule has 0 aliphatic rings. The van der Waals surface area contributed by atoms with Gasteiger partial charge in [0.25, 0.3) is 0 Å². The molecule has 2 rings (SSSR count). The molecule has 1 aromatic heterocycles. The lowest BCUT2D eigenvalue weighted by Crippen LogP contribution is -2.18. The van der Waals surface area contributed by atoms with Gasteiger partial charge in [0.15, 0.2) is 0 Å². The molecule has 0 saturated carbocycles. The van der Waals surface area contributed by atoms with Crippen LogP contribution in [0.5, 0.6) is 0 Å². The lowest BCUT2D eigenvalue weighted by Gasteiger charge is -2.14. The minimum Gasteiger partial charge on any atom is -0.312 e. The summed E-state index contributed by atoms with van der Waals surface area (Å²) in [6, 6.07) is 8.63. The highest BCUT2D eigenvalue weighted by atomic mass is 79.9. The summed E-state index contributed by atoms with van der Waals surface area (Å²) >= 11 is 5.43. The van der Waals surface area contributed by atoms with Gasteiger partial charge in [-0.15, -0.1) is 11.8 Å². The fraction of sp³-hybridized carbons (Fsp3) is 0.357. The van der Waals surface area contributed by atoms with Gasteiger partial charge in [-0.25, -0.2) is 0 Å². The predicted molar refractivity (Wildman–Crippen MR) is 84.6 cm³/mol. The molecule has 2 aromatic rings. The van der Waals surface area contributed by atoms with Crippen LogP contribution in [-0.4, -0.2) is 22.6 Å². The van der Waals surface area contributed by atoms with Gasteiger partial charge in [0, 0.05) is 39.5 Å². The second-order valence-electron chi connectivity index (χ2n) is 4.21. The van der Waals surface area contributed by atoms with E-state index in [1.54, 1.807) is 0 Å². The van der Waals surface area contributed by atoms with Gasteiger partial charge in [0.2, 0.25) is 0 Å². The normalized spacial score (nSPS) is 12.6. The van der Waals surface area contributed by atoms with Crippen molar-refractivity contribution < 1.29 is 0 Å². The molecule has 0 aliphatic carbocycles. The molecule has 0 spiro atoms. The molecule has 1 aromatic carbocycles. The van der Waals surface area contributed by atoms with E-state index in [9.17, 15) is 0 Å². The molecular formula is C14H18BrN3S. The molecule has 1 atom stereocenters. The van der Waals surface area contributed by atoms with Crippen LogP contribution in [0, 0.1) is 0 Å². The molecule has 0 radical (unpaired) electrons. The second-order valence-corrected chi connectivity index (χ2v) is 6.13. The Labute approximate surface area is 126 Å². The SMILES string of the molecule is CCn1cc(C(CSc2ccccc2Br)NC)cn1. The largest absolute Gasteiger partial charge is 0.312 e. The van der Waals surface area contributed by atoms with Crippen LogP contribution in [0.2, 0.25) is 0 Å². The van der Waals surface area contributed by atoms with Crippen molar-refractivity contribution in [2.75, 3.05) is 12.8 Å². The maximum Gasteiger partial charge on any atom is 0.0537 e. The van der Waals surface area contributed by atoms with Gasteiger partial charge < -0.3 is 5.32 Å². The first-order chi connectivity index (χ1) is 9.24. The van der Waals surface area contributed by atoms with E-state index in [4.69, 9.17) is 0 Å². The van der Waals surface area contributed by atoms with Crippen molar-refractivity contribution in [1.82, 2.24) is 15.1 Å². The van der Waals surface area contributed by atoms with E-state index in [1.165, 1.54) is 10.5 Å². The molecule has 1 unspecified atom stereocenters. The summed E-state index contributed by atoms with van der Waals surface area (Å²) in [4.78, 5) is 1.27. The third kappa shape index (κ3) is 3.84. The molecule has 0 amide bonds. The van der Waals surface area contributed by atoms with Crippen LogP contribution >= 0.6 is 27.7 Å². The number of nitrogens with one attached hydrogen (secondary N) is 1. The number of hydrogen-bond acceptors (Lipinski definition) is 3. The second kappa shape index (κ2) is 7.12. The number of rotatable bonds is 6. The molecule has 0 aliphatic heterocycles. The van der Waals surface area contributed by atoms with E-state index in [0.29, 0.717) is 6.04 Å². The summed E-state index contributed by atoms with van der Waals surface area (Å²) < 4.78 is 3.11. The van der Waals surface area contributed by atoms with Crippen LogP contribution in [0.1, 0.15) is 18.5 Å². The fourth-order valence-corrected chi connectivity index (χ4v) is 3.53. The summed E-state index contributed by atoms with van der Waals surface area (Å²) in [7, 11) is 1.99. The van der Waals surface area contributed by atoms with Gasteiger partial charge in [0.1, 0.15) is 0 Å². The molecule has 0 bridgehead atoms. The van der Waals surface area contributed by atoms with Gasteiger partial charge in [-0.05, 0) is 42.0 Å². The number of aromatic nitrogens is 2. The Hall–Kier alpha value is -0.780. The molecular weight excluding hydrogens is 322 g/mol. The fourth-order valence-electron chi connectivity index (χ4n) is 1.81. The van der Waals surface area contributed by atoms with Crippen LogP contribution in [0.25, 0.3) is 0 Å². The van der Waals surface area contributed by atoms with Crippen LogP contribution in [0.3, 0.4) is 0 Å².